The van der Waals surface area contributed by atoms with Crippen molar-refractivity contribution in [1.29, 1.82) is 0 Å². The molecule has 110 valence electrons. The Labute approximate surface area is 118 Å². The molecule has 1 unspecified atom stereocenters. The minimum Gasteiger partial charge on any atom is -0.387 e. The highest BCUT2D eigenvalue weighted by Crippen LogP contribution is 2.22. The van der Waals surface area contributed by atoms with Gasteiger partial charge in [0.05, 0.1) is 10.5 Å². The van der Waals surface area contributed by atoms with Gasteiger partial charge in [0, 0.05) is 30.9 Å². The van der Waals surface area contributed by atoms with Crippen LogP contribution in [0.3, 0.4) is 0 Å². The minimum absolute atomic E-state index is 0.0476. The SMILES string of the molecule is CCCCC(C)NC(=O)c1cc([N+](=O)[O-])ccc1NC. The first-order valence-corrected chi connectivity index (χ1v) is 6.76. The number of unbranched alkanes of at least 4 members (excludes halogenated alkanes) is 1. The van der Waals surface area contributed by atoms with E-state index in [-0.39, 0.29) is 17.6 Å². The van der Waals surface area contributed by atoms with Gasteiger partial charge in [-0.05, 0) is 19.4 Å². The van der Waals surface area contributed by atoms with E-state index in [4.69, 9.17) is 0 Å². The summed E-state index contributed by atoms with van der Waals surface area (Å²) in [6.45, 7) is 4.03. The quantitative estimate of drug-likeness (QED) is 0.593. The first-order valence-electron chi connectivity index (χ1n) is 6.76. The molecule has 0 aliphatic heterocycles. The number of hydrogen-bond donors (Lipinski definition) is 2. The van der Waals surface area contributed by atoms with E-state index in [0.717, 1.165) is 19.3 Å². The number of hydrogen-bond acceptors (Lipinski definition) is 4. The highest BCUT2D eigenvalue weighted by Gasteiger charge is 2.17. The van der Waals surface area contributed by atoms with Crippen LogP contribution in [0.4, 0.5) is 11.4 Å². The molecule has 1 rings (SSSR count). The van der Waals surface area contributed by atoms with Crippen molar-refractivity contribution in [3.05, 3.63) is 33.9 Å². The number of carbonyl (C=O) groups excluding carboxylic acids is 1. The van der Waals surface area contributed by atoms with Crippen LogP contribution in [-0.2, 0) is 0 Å². The Balaban J connectivity index is 2.89. The molecule has 0 aliphatic carbocycles. The fourth-order valence-electron chi connectivity index (χ4n) is 1.94. The zero-order valence-corrected chi connectivity index (χ0v) is 12.1. The lowest BCUT2D eigenvalue weighted by atomic mass is 10.1. The molecule has 0 saturated carbocycles. The lowest BCUT2D eigenvalue weighted by Gasteiger charge is -2.15. The van der Waals surface area contributed by atoms with E-state index in [1.54, 1.807) is 13.1 Å². The first-order chi connectivity index (χ1) is 9.49. The number of non-ortho nitro benzene ring substituents is 1. The summed E-state index contributed by atoms with van der Waals surface area (Å²) >= 11 is 0. The topological polar surface area (TPSA) is 84.3 Å². The predicted octanol–water partition coefficient (Wildman–Crippen LogP) is 2.95. The molecule has 0 fully saturated rings. The second-order valence-corrected chi connectivity index (χ2v) is 4.75. The Morgan fingerprint density at radius 3 is 2.70 bits per heavy atom. The summed E-state index contributed by atoms with van der Waals surface area (Å²) in [5.41, 5.74) is 0.788. The summed E-state index contributed by atoms with van der Waals surface area (Å²) in [6.07, 6.45) is 3.00. The lowest BCUT2D eigenvalue weighted by molar-refractivity contribution is -0.384. The second-order valence-electron chi connectivity index (χ2n) is 4.75. The molecule has 0 heterocycles. The predicted molar refractivity (Wildman–Crippen MR) is 79.1 cm³/mol. The summed E-state index contributed by atoms with van der Waals surface area (Å²) in [7, 11) is 1.68. The smallest absolute Gasteiger partial charge is 0.270 e. The molecule has 0 saturated heterocycles. The van der Waals surface area contributed by atoms with Crippen LogP contribution < -0.4 is 10.6 Å². The van der Waals surface area contributed by atoms with Crippen molar-refractivity contribution in [2.75, 3.05) is 12.4 Å². The lowest BCUT2D eigenvalue weighted by Crippen LogP contribution is -2.32. The molecule has 0 aromatic heterocycles. The molecule has 0 bridgehead atoms. The Kier molecular flexibility index (Phi) is 5.96. The molecular formula is C14H21N3O3. The van der Waals surface area contributed by atoms with E-state index in [2.05, 4.69) is 17.6 Å². The van der Waals surface area contributed by atoms with Crippen molar-refractivity contribution >= 4 is 17.3 Å². The summed E-state index contributed by atoms with van der Waals surface area (Å²) in [5.74, 6) is -0.290. The molecule has 1 aromatic rings. The van der Waals surface area contributed by atoms with Gasteiger partial charge in [0.15, 0.2) is 0 Å². The van der Waals surface area contributed by atoms with E-state index < -0.39 is 4.92 Å². The largest absolute Gasteiger partial charge is 0.387 e. The molecule has 20 heavy (non-hydrogen) atoms. The second kappa shape index (κ2) is 7.47. The molecule has 0 spiro atoms. The van der Waals surface area contributed by atoms with Crippen LogP contribution >= 0.6 is 0 Å². The van der Waals surface area contributed by atoms with Gasteiger partial charge in [-0.3, -0.25) is 14.9 Å². The Hall–Kier alpha value is -2.11. The maximum absolute atomic E-state index is 12.2. The highest BCUT2D eigenvalue weighted by atomic mass is 16.6. The number of nitro benzene ring substituents is 1. The third-order valence-corrected chi connectivity index (χ3v) is 3.10. The zero-order chi connectivity index (χ0) is 15.1. The monoisotopic (exact) mass is 279 g/mol. The highest BCUT2D eigenvalue weighted by molar-refractivity contribution is 6.00. The number of rotatable bonds is 7. The standard InChI is InChI=1S/C14H21N3O3/c1-4-5-6-10(2)16-14(18)12-9-11(17(19)20)7-8-13(12)15-3/h7-10,15H,4-6H2,1-3H3,(H,16,18). The Morgan fingerprint density at radius 1 is 1.45 bits per heavy atom. The van der Waals surface area contributed by atoms with E-state index in [1.807, 2.05) is 6.92 Å². The molecule has 6 nitrogen and oxygen atoms in total. The first kappa shape index (κ1) is 15.9. The third-order valence-electron chi connectivity index (χ3n) is 3.10. The summed E-state index contributed by atoms with van der Waals surface area (Å²) in [6, 6.07) is 4.27. The van der Waals surface area contributed by atoms with E-state index >= 15 is 0 Å². The van der Waals surface area contributed by atoms with Crippen LogP contribution in [0.1, 0.15) is 43.5 Å². The average molecular weight is 279 g/mol. The van der Waals surface area contributed by atoms with Gasteiger partial charge in [-0.25, -0.2) is 0 Å². The van der Waals surface area contributed by atoms with Crippen LogP contribution in [0.15, 0.2) is 18.2 Å². The van der Waals surface area contributed by atoms with Crippen molar-refractivity contribution in [2.24, 2.45) is 0 Å². The van der Waals surface area contributed by atoms with Crippen molar-refractivity contribution in [3.8, 4) is 0 Å². The number of carbonyl (C=O) groups is 1. The van der Waals surface area contributed by atoms with E-state index in [0.29, 0.717) is 11.3 Å². The maximum atomic E-state index is 12.2. The van der Waals surface area contributed by atoms with Crippen LogP contribution in [-0.4, -0.2) is 23.9 Å². The molecule has 2 N–H and O–H groups in total. The van der Waals surface area contributed by atoms with Crippen molar-refractivity contribution in [3.63, 3.8) is 0 Å². The van der Waals surface area contributed by atoms with Gasteiger partial charge in [0.1, 0.15) is 0 Å². The van der Waals surface area contributed by atoms with Gasteiger partial charge in [-0.15, -0.1) is 0 Å². The number of nitrogens with zero attached hydrogens (tertiary/aromatic N) is 1. The van der Waals surface area contributed by atoms with Gasteiger partial charge in [-0.1, -0.05) is 19.8 Å². The number of anilines is 1. The van der Waals surface area contributed by atoms with Crippen molar-refractivity contribution < 1.29 is 9.72 Å². The fraction of sp³-hybridized carbons (Fsp3) is 0.500. The van der Waals surface area contributed by atoms with Gasteiger partial charge >= 0.3 is 0 Å². The molecule has 0 radical (unpaired) electrons. The minimum atomic E-state index is -0.503. The molecule has 6 heteroatoms. The summed E-state index contributed by atoms with van der Waals surface area (Å²) < 4.78 is 0. The van der Waals surface area contributed by atoms with Gasteiger partial charge in [0.25, 0.3) is 11.6 Å². The molecular weight excluding hydrogens is 258 g/mol. The van der Waals surface area contributed by atoms with E-state index in [1.165, 1.54) is 12.1 Å². The number of nitrogens with one attached hydrogen (secondary N) is 2. The van der Waals surface area contributed by atoms with Crippen molar-refractivity contribution in [1.82, 2.24) is 5.32 Å². The molecule has 0 aliphatic rings. The van der Waals surface area contributed by atoms with Crippen LogP contribution in [0.25, 0.3) is 0 Å². The van der Waals surface area contributed by atoms with Gasteiger partial charge in [-0.2, -0.15) is 0 Å². The number of nitro groups is 1. The van der Waals surface area contributed by atoms with Crippen LogP contribution in [0, 0.1) is 10.1 Å². The molecule has 1 aromatic carbocycles. The van der Waals surface area contributed by atoms with Gasteiger partial charge in [0.2, 0.25) is 0 Å². The molecule has 1 atom stereocenters. The summed E-state index contributed by atoms with van der Waals surface area (Å²) in [4.78, 5) is 22.5. The maximum Gasteiger partial charge on any atom is 0.270 e. The van der Waals surface area contributed by atoms with Crippen LogP contribution in [0.5, 0.6) is 0 Å². The van der Waals surface area contributed by atoms with Crippen molar-refractivity contribution in [2.45, 2.75) is 39.2 Å². The third kappa shape index (κ3) is 4.22. The van der Waals surface area contributed by atoms with E-state index in [9.17, 15) is 14.9 Å². The van der Waals surface area contributed by atoms with Crippen LogP contribution in [0.2, 0.25) is 0 Å². The Morgan fingerprint density at radius 2 is 2.15 bits per heavy atom. The fourth-order valence-corrected chi connectivity index (χ4v) is 1.94. The summed E-state index contributed by atoms with van der Waals surface area (Å²) in [5, 5.41) is 16.5. The molecule has 1 amide bonds. The average Bonchev–Trinajstić information content (AvgIpc) is 2.44. The Bertz CT molecular complexity index is 489. The number of benzene rings is 1. The zero-order valence-electron chi connectivity index (χ0n) is 12.1. The van der Waals surface area contributed by atoms with Gasteiger partial charge < -0.3 is 10.6 Å². The normalized spacial score (nSPS) is 11.8. The number of amides is 1.